The third kappa shape index (κ3) is 5.17. The quantitative estimate of drug-likeness (QED) is 0.478. The van der Waals surface area contributed by atoms with Gasteiger partial charge in [0.25, 0.3) is 0 Å². The first-order valence-electron chi connectivity index (χ1n) is 9.22. The Balaban J connectivity index is 1.76. The number of urea groups is 1. The van der Waals surface area contributed by atoms with Crippen molar-refractivity contribution in [3.05, 3.63) is 68.2 Å². The maximum atomic E-state index is 14.8. The molecule has 1 saturated heterocycles. The smallest absolute Gasteiger partial charge is 0.274 e. The lowest BCUT2D eigenvalue weighted by Crippen LogP contribution is -2.56. The van der Waals surface area contributed by atoms with Gasteiger partial charge < -0.3 is 0 Å². The molecule has 0 aliphatic carbocycles. The summed E-state index contributed by atoms with van der Waals surface area (Å²) in [4.78, 5) is 38.4. The van der Waals surface area contributed by atoms with E-state index in [9.17, 15) is 23.2 Å². The average Bonchev–Trinajstić information content (AvgIpc) is 2.72. The van der Waals surface area contributed by atoms with Crippen LogP contribution < -0.4 is 0 Å². The number of rotatable bonds is 6. The van der Waals surface area contributed by atoms with Crippen molar-refractivity contribution in [2.75, 3.05) is 13.1 Å². The van der Waals surface area contributed by atoms with Gasteiger partial charge in [-0.25, -0.2) is 13.6 Å². The van der Waals surface area contributed by atoms with E-state index >= 15 is 0 Å². The van der Waals surface area contributed by atoms with Gasteiger partial charge in [0.15, 0.2) is 0 Å². The van der Waals surface area contributed by atoms with E-state index in [2.05, 4.69) is 0 Å². The molecule has 5 nitrogen and oxygen atoms in total. The highest BCUT2D eigenvalue weighted by molar-refractivity contribution is 6.42. The molecule has 0 saturated carbocycles. The Morgan fingerprint density at radius 2 is 1.29 bits per heavy atom. The van der Waals surface area contributed by atoms with Crippen molar-refractivity contribution in [1.29, 1.82) is 0 Å². The summed E-state index contributed by atoms with van der Waals surface area (Å²) in [6, 6.07) is 7.49. The van der Waals surface area contributed by atoms with Crippen molar-refractivity contribution in [3.8, 4) is 0 Å². The summed E-state index contributed by atoms with van der Waals surface area (Å²) in [6.07, 6.45) is -4.16. The first-order chi connectivity index (χ1) is 14.6. The van der Waals surface area contributed by atoms with Crippen LogP contribution in [0.4, 0.5) is 13.6 Å². The number of carbonyl (C=O) groups excluding carboxylic acids is 3. The standard InChI is InChI=1S/C21H17Cl3F2N2O3/c1-11-2-3-12(6-15(11)23)17(25)9-27-19(29)8-20(30)28(21(27)31)10-18(26)13-4-5-14(22)16(24)7-13/h2-7,17-18H,8-10H2,1H3/t17-,18-/m1/s1. The SMILES string of the molecule is Cc1ccc([C@H](F)CN2C(=O)CC(=O)N(C[C@@H](F)c3ccc(Cl)c(Cl)c3)C2=O)cc1Cl. The Morgan fingerprint density at radius 1 is 0.806 bits per heavy atom. The molecule has 4 amide bonds. The van der Waals surface area contributed by atoms with Crippen molar-refractivity contribution in [3.63, 3.8) is 0 Å². The van der Waals surface area contributed by atoms with Gasteiger partial charge in [-0.05, 0) is 41.8 Å². The van der Waals surface area contributed by atoms with E-state index in [0.29, 0.717) is 14.8 Å². The highest BCUT2D eigenvalue weighted by atomic mass is 35.5. The first kappa shape index (κ1) is 23.4. The minimum atomic E-state index is -1.77. The molecule has 10 heteroatoms. The van der Waals surface area contributed by atoms with E-state index in [1.54, 1.807) is 13.0 Å². The van der Waals surface area contributed by atoms with Crippen molar-refractivity contribution in [2.45, 2.75) is 25.7 Å². The van der Waals surface area contributed by atoms with Gasteiger partial charge in [-0.2, -0.15) is 0 Å². The minimum absolute atomic E-state index is 0.108. The molecule has 2 atom stereocenters. The normalized spacial score (nSPS) is 16.6. The summed E-state index contributed by atoms with van der Waals surface area (Å²) in [5.41, 5.74) is 1.03. The van der Waals surface area contributed by atoms with Gasteiger partial charge in [0.1, 0.15) is 18.8 Å². The monoisotopic (exact) mass is 488 g/mol. The largest absolute Gasteiger partial charge is 0.333 e. The molecule has 3 rings (SSSR count). The Morgan fingerprint density at radius 3 is 1.77 bits per heavy atom. The molecule has 0 spiro atoms. The molecular formula is C21H17Cl3F2N2O3. The van der Waals surface area contributed by atoms with Crippen molar-refractivity contribution < 1.29 is 23.2 Å². The van der Waals surface area contributed by atoms with E-state index in [1.807, 2.05) is 0 Å². The minimum Gasteiger partial charge on any atom is -0.274 e. The van der Waals surface area contributed by atoms with Crippen LogP contribution in [-0.2, 0) is 9.59 Å². The van der Waals surface area contributed by atoms with E-state index in [4.69, 9.17) is 34.8 Å². The van der Waals surface area contributed by atoms with Crippen LogP contribution in [0.5, 0.6) is 0 Å². The van der Waals surface area contributed by atoms with Gasteiger partial charge in [-0.15, -0.1) is 0 Å². The molecule has 31 heavy (non-hydrogen) atoms. The summed E-state index contributed by atoms with van der Waals surface area (Å²) >= 11 is 17.7. The van der Waals surface area contributed by atoms with Gasteiger partial charge >= 0.3 is 6.03 Å². The zero-order chi connectivity index (χ0) is 22.9. The number of barbiturate groups is 1. The summed E-state index contributed by atoms with van der Waals surface area (Å²) in [5.74, 6) is -1.71. The molecule has 1 heterocycles. The molecule has 1 aliphatic rings. The van der Waals surface area contributed by atoms with Gasteiger partial charge in [0, 0.05) is 5.02 Å². The number of alkyl halides is 2. The van der Waals surface area contributed by atoms with Gasteiger partial charge in [0.2, 0.25) is 11.8 Å². The fourth-order valence-corrected chi connectivity index (χ4v) is 3.58. The number of imide groups is 2. The van der Waals surface area contributed by atoms with Crippen LogP contribution in [0.1, 0.15) is 35.5 Å². The topological polar surface area (TPSA) is 57.7 Å². The van der Waals surface area contributed by atoms with Crippen LogP contribution >= 0.6 is 34.8 Å². The fraction of sp³-hybridized carbons (Fsp3) is 0.286. The Hall–Kier alpha value is -2.22. The lowest BCUT2D eigenvalue weighted by molar-refractivity contribution is -0.143. The van der Waals surface area contributed by atoms with Crippen LogP contribution in [-0.4, -0.2) is 40.7 Å². The van der Waals surface area contributed by atoms with Crippen LogP contribution in [0.15, 0.2) is 36.4 Å². The molecular weight excluding hydrogens is 473 g/mol. The Bertz CT molecular complexity index is 971. The van der Waals surface area contributed by atoms with E-state index in [-0.39, 0.29) is 21.2 Å². The number of halogens is 5. The molecule has 0 unspecified atom stereocenters. The second kappa shape index (κ2) is 9.51. The number of hydrogen-bond acceptors (Lipinski definition) is 3. The molecule has 0 aromatic heterocycles. The van der Waals surface area contributed by atoms with Gasteiger partial charge in [-0.3, -0.25) is 19.4 Å². The molecule has 2 aromatic carbocycles. The number of amides is 4. The highest BCUT2D eigenvalue weighted by Gasteiger charge is 2.40. The highest BCUT2D eigenvalue weighted by Crippen LogP contribution is 2.30. The Kier molecular flexibility index (Phi) is 7.19. The van der Waals surface area contributed by atoms with Crippen LogP contribution in [0.25, 0.3) is 0 Å². The maximum absolute atomic E-state index is 14.8. The van der Waals surface area contributed by atoms with E-state index in [1.165, 1.54) is 30.3 Å². The molecule has 0 N–H and O–H groups in total. The predicted molar refractivity (Wildman–Crippen MR) is 114 cm³/mol. The van der Waals surface area contributed by atoms with Crippen molar-refractivity contribution in [2.24, 2.45) is 0 Å². The summed E-state index contributed by atoms with van der Waals surface area (Å²) in [5, 5.41) is 0.687. The average molecular weight is 490 g/mol. The molecule has 2 aromatic rings. The summed E-state index contributed by atoms with van der Waals surface area (Å²) in [6.45, 7) is 0.485. The van der Waals surface area contributed by atoms with Crippen molar-refractivity contribution in [1.82, 2.24) is 9.80 Å². The van der Waals surface area contributed by atoms with Crippen LogP contribution in [0.2, 0.25) is 15.1 Å². The number of nitrogens with zero attached hydrogens (tertiary/aromatic N) is 2. The molecule has 0 bridgehead atoms. The number of aryl methyl sites for hydroxylation is 1. The zero-order valence-corrected chi connectivity index (χ0v) is 18.5. The second-order valence-electron chi connectivity index (χ2n) is 7.09. The van der Waals surface area contributed by atoms with E-state index in [0.717, 1.165) is 5.56 Å². The van der Waals surface area contributed by atoms with Gasteiger partial charge in [0.05, 0.1) is 23.1 Å². The first-order valence-corrected chi connectivity index (χ1v) is 10.4. The zero-order valence-electron chi connectivity index (χ0n) is 16.2. The van der Waals surface area contributed by atoms with Crippen LogP contribution in [0, 0.1) is 6.92 Å². The van der Waals surface area contributed by atoms with Crippen LogP contribution in [0.3, 0.4) is 0 Å². The summed E-state index contributed by atoms with van der Waals surface area (Å²) in [7, 11) is 0. The Labute approximate surface area is 192 Å². The summed E-state index contributed by atoms with van der Waals surface area (Å²) < 4.78 is 29.6. The third-order valence-corrected chi connectivity index (χ3v) is 6.06. The fourth-order valence-electron chi connectivity index (χ4n) is 3.08. The van der Waals surface area contributed by atoms with E-state index < -0.39 is 49.7 Å². The maximum Gasteiger partial charge on any atom is 0.333 e. The molecule has 1 aliphatic heterocycles. The number of hydrogen-bond donors (Lipinski definition) is 0. The number of carbonyl (C=O) groups is 3. The lowest BCUT2D eigenvalue weighted by atomic mass is 10.1. The number of benzene rings is 2. The molecule has 0 radical (unpaired) electrons. The molecule has 164 valence electrons. The third-order valence-electron chi connectivity index (χ3n) is 4.92. The lowest BCUT2D eigenvalue weighted by Gasteiger charge is -2.34. The molecule has 1 fully saturated rings. The predicted octanol–water partition coefficient (Wildman–Crippen LogP) is 5.86. The van der Waals surface area contributed by atoms with Crippen molar-refractivity contribution >= 4 is 52.6 Å². The second-order valence-corrected chi connectivity index (χ2v) is 8.31. The van der Waals surface area contributed by atoms with Gasteiger partial charge in [-0.1, -0.05) is 53.0 Å².